The van der Waals surface area contributed by atoms with Crippen molar-refractivity contribution in [2.24, 2.45) is 18.9 Å². The molecule has 1 N–H and O–H groups in total. The van der Waals surface area contributed by atoms with Crippen LogP contribution in [0.1, 0.15) is 44.7 Å². The van der Waals surface area contributed by atoms with E-state index in [1.165, 1.54) is 18.5 Å². The fraction of sp³-hybridized carbons (Fsp3) is 0.714. The number of hydrogen-bond acceptors (Lipinski definition) is 2. The average Bonchev–Trinajstić information content (AvgIpc) is 3.01. The van der Waals surface area contributed by atoms with Gasteiger partial charge in [0.25, 0.3) is 0 Å². The number of carbonyl (C=O) groups is 1. The molecular formula is C14H23N3O. The van der Waals surface area contributed by atoms with Crippen LogP contribution in [0.3, 0.4) is 0 Å². The summed E-state index contributed by atoms with van der Waals surface area (Å²) >= 11 is 0. The van der Waals surface area contributed by atoms with E-state index in [1.54, 1.807) is 0 Å². The van der Waals surface area contributed by atoms with E-state index in [1.807, 2.05) is 24.0 Å². The number of carbonyl (C=O) groups excluding carboxylic acids is 1. The first-order chi connectivity index (χ1) is 8.58. The molecular weight excluding hydrogens is 226 g/mol. The van der Waals surface area contributed by atoms with E-state index >= 15 is 0 Å². The van der Waals surface area contributed by atoms with Crippen LogP contribution in [0.2, 0.25) is 0 Å². The molecule has 0 bridgehead atoms. The van der Waals surface area contributed by atoms with Gasteiger partial charge in [-0.05, 0) is 30.7 Å². The standard InChI is InChI=1S/C14H23N3O/c1-10(2)12(13-6-7-16-17(13)3)9-15-14(18)8-11-4-5-11/h6-7,10-12H,4-5,8-9H2,1-3H3,(H,15,18). The molecule has 0 aromatic carbocycles. The third kappa shape index (κ3) is 3.34. The van der Waals surface area contributed by atoms with Crippen molar-refractivity contribution in [1.29, 1.82) is 0 Å². The van der Waals surface area contributed by atoms with Gasteiger partial charge in [0.05, 0.1) is 0 Å². The van der Waals surface area contributed by atoms with Crippen LogP contribution in [0.4, 0.5) is 0 Å². The normalized spacial score (nSPS) is 16.9. The van der Waals surface area contributed by atoms with Crippen molar-refractivity contribution in [2.75, 3.05) is 6.54 Å². The van der Waals surface area contributed by atoms with Crippen LogP contribution >= 0.6 is 0 Å². The molecule has 18 heavy (non-hydrogen) atoms. The van der Waals surface area contributed by atoms with E-state index in [4.69, 9.17) is 0 Å². The third-order valence-electron chi connectivity index (χ3n) is 3.73. The lowest BCUT2D eigenvalue weighted by Crippen LogP contribution is -2.31. The van der Waals surface area contributed by atoms with Gasteiger partial charge in [0, 0.05) is 37.8 Å². The first-order valence-electron chi connectivity index (χ1n) is 6.82. The number of hydrogen-bond donors (Lipinski definition) is 1. The topological polar surface area (TPSA) is 46.9 Å². The van der Waals surface area contributed by atoms with Crippen LogP contribution < -0.4 is 5.32 Å². The molecule has 1 heterocycles. The zero-order chi connectivity index (χ0) is 13.1. The van der Waals surface area contributed by atoms with Crippen molar-refractivity contribution in [3.8, 4) is 0 Å². The highest BCUT2D eigenvalue weighted by Gasteiger charge is 2.25. The van der Waals surface area contributed by atoms with Crippen LogP contribution in [0.15, 0.2) is 12.3 Å². The lowest BCUT2D eigenvalue weighted by Gasteiger charge is -2.21. The van der Waals surface area contributed by atoms with Gasteiger partial charge in [0.15, 0.2) is 0 Å². The summed E-state index contributed by atoms with van der Waals surface area (Å²) in [5.41, 5.74) is 1.19. The van der Waals surface area contributed by atoms with E-state index in [-0.39, 0.29) is 5.91 Å². The van der Waals surface area contributed by atoms with Gasteiger partial charge in [-0.2, -0.15) is 5.10 Å². The van der Waals surface area contributed by atoms with Crippen molar-refractivity contribution in [3.05, 3.63) is 18.0 Å². The fourth-order valence-electron chi connectivity index (χ4n) is 2.31. The molecule has 0 saturated heterocycles. The maximum absolute atomic E-state index is 11.7. The monoisotopic (exact) mass is 249 g/mol. The summed E-state index contributed by atoms with van der Waals surface area (Å²) in [5, 5.41) is 7.28. The Labute approximate surface area is 109 Å². The summed E-state index contributed by atoms with van der Waals surface area (Å²) < 4.78 is 1.90. The van der Waals surface area contributed by atoms with Crippen LogP contribution in [-0.2, 0) is 11.8 Å². The molecule has 1 saturated carbocycles. The van der Waals surface area contributed by atoms with E-state index in [0.717, 1.165) is 0 Å². The van der Waals surface area contributed by atoms with Crippen LogP contribution in [0.25, 0.3) is 0 Å². The Hall–Kier alpha value is -1.32. The quantitative estimate of drug-likeness (QED) is 0.839. The second-order valence-electron chi connectivity index (χ2n) is 5.68. The number of nitrogens with one attached hydrogen (secondary N) is 1. The van der Waals surface area contributed by atoms with Gasteiger partial charge in [-0.25, -0.2) is 0 Å². The molecule has 4 heteroatoms. The molecule has 100 valence electrons. The van der Waals surface area contributed by atoms with Crippen molar-refractivity contribution < 1.29 is 4.79 Å². The van der Waals surface area contributed by atoms with Crippen molar-refractivity contribution >= 4 is 5.91 Å². The van der Waals surface area contributed by atoms with Gasteiger partial charge in [0.2, 0.25) is 5.91 Å². The second kappa shape index (κ2) is 5.55. The number of aryl methyl sites for hydroxylation is 1. The minimum absolute atomic E-state index is 0.199. The highest BCUT2D eigenvalue weighted by molar-refractivity contribution is 5.76. The lowest BCUT2D eigenvalue weighted by molar-refractivity contribution is -0.121. The number of rotatable bonds is 6. The Morgan fingerprint density at radius 1 is 1.56 bits per heavy atom. The zero-order valence-electron chi connectivity index (χ0n) is 11.5. The van der Waals surface area contributed by atoms with E-state index in [0.29, 0.717) is 30.7 Å². The van der Waals surface area contributed by atoms with Crippen molar-refractivity contribution in [3.63, 3.8) is 0 Å². The maximum Gasteiger partial charge on any atom is 0.220 e. The Morgan fingerprint density at radius 3 is 2.78 bits per heavy atom. The molecule has 1 aliphatic carbocycles. The Kier molecular flexibility index (Phi) is 4.04. The predicted octanol–water partition coefficient (Wildman–Crippen LogP) is 2.08. The van der Waals surface area contributed by atoms with Gasteiger partial charge in [0.1, 0.15) is 0 Å². The van der Waals surface area contributed by atoms with Gasteiger partial charge < -0.3 is 5.32 Å². The second-order valence-corrected chi connectivity index (χ2v) is 5.68. The largest absolute Gasteiger partial charge is 0.355 e. The molecule has 0 aliphatic heterocycles. The van der Waals surface area contributed by atoms with E-state index in [2.05, 4.69) is 24.3 Å². The van der Waals surface area contributed by atoms with Crippen LogP contribution in [0.5, 0.6) is 0 Å². The minimum atomic E-state index is 0.199. The SMILES string of the molecule is CC(C)C(CNC(=O)CC1CC1)c1ccnn1C. The summed E-state index contributed by atoms with van der Waals surface area (Å²) in [4.78, 5) is 11.7. The molecule has 1 amide bonds. The first kappa shape index (κ1) is 13.1. The molecule has 0 radical (unpaired) electrons. The molecule has 1 fully saturated rings. The summed E-state index contributed by atoms with van der Waals surface area (Å²) in [6, 6.07) is 2.04. The zero-order valence-corrected chi connectivity index (χ0v) is 11.5. The highest BCUT2D eigenvalue weighted by Crippen LogP contribution is 2.32. The van der Waals surface area contributed by atoms with E-state index < -0.39 is 0 Å². The van der Waals surface area contributed by atoms with Crippen LogP contribution in [-0.4, -0.2) is 22.2 Å². The summed E-state index contributed by atoms with van der Waals surface area (Å²) in [6.45, 7) is 5.08. The lowest BCUT2D eigenvalue weighted by atomic mass is 9.92. The van der Waals surface area contributed by atoms with Crippen molar-refractivity contribution in [1.82, 2.24) is 15.1 Å². The van der Waals surface area contributed by atoms with Crippen LogP contribution in [0, 0.1) is 11.8 Å². The van der Waals surface area contributed by atoms with Gasteiger partial charge in [-0.3, -0.25) is 9.48 Å². The molecule has 0 spiro atoms. The summed E-state index contributed by atoms with van der Waals surface area (Å²) in [5.74, 6) is 1.67. The van der Waals surface area contributed by atoms with Crippen molar-refractivity contribution in [2.45, 2.75) is 39.0 Å². The van der Waals surface area contributed by atoms with Gasteiger partial charge >= 0.3 is 0 Å². The number of aromatic nitrogens is 2. The molecule has 2 rings (SSSR count). The minimum Gasteiger partial charge on any atom is -0.355 e. The molecule has 1 unspecified atom stereocenters. The highest BCUT2D eigenvalue weighted by atomic mass is 16.1. The number of nitrogens with zero attached hydrogens (tertiary/aromatic N) is 2. The fourth-order valence-corrected chi connectivity index (χ4v) is 2.31. The summed E-state index contributed by atoms with van der Waals surface area (Å²) in [7, 11) is 1.96. The average molecular weight is 249 g/mol. The Balaban J connectivity index is 1.90. The van der Waals surface area contributed by atoms with Gasteiger partial charge in [-0.15, -0.1) is 0 Å². The maximum atomic E-state index is 11.7. The molecule has 1 aromatic rings. The summed E-state index contributed by atoms with van der Waals surface area (Å²) in [6.07, 6.45) is 4.97. The van der Waals surface area contributed by atoms with E-state index in [9.17, 15) is 4.79 Å². The molecule has 1 aliphatic rings. The number of amides is 1. The smallest absolute Gasteiger partial charge is 0.220 e. The molecule has 4 nitrogen and oxygen atoms in total. The third-order valence-corrected chi connectivity index (χ3v) is 3.73. The predicted molar refractivity (Wildman–Crippen MR) is 71.1 cm³/mol. The Bertz CT molecular complexity index is 407. The Morgan fingerprint density at radius 2 is 2.28 bits per heavy atom. The van der Waals surface area contributed by atoms with Gasteiger partial charge in [-0.1, -0.05) is 13.8 Å². The first-order valence-corrected chi connectivity index (χ1v) is 6.82. The molecule has 1 atom stereocenters. The molecule has 1 aromatic heterocycles.